The van der Waals surface area contributed by atoms with Crippen molar-refractivity contribution >= 4 is 5.78 Å². The van der Waals surface area contributed by atoms with Crippen molar-refractivity contribution in [3.63, 3.8) is 0 Å². The Morgan fingerprint density at radius 3 is 1.69 bits per heavy atom. The normalized spacial score (nSPS) is 20.8. The highest BCUT2D eigenvalue weighted by atomic mass is 16.7. The number of rotatable bonds is 7. The van der Waals surface area contributed by atoms with E-state index in [1.54, 1.807) is 0 Å². The van der Waals surface area contributed by atoms with Crippen LogP contribution in [0.25, 0.3) is 0 Å². The first-order valence-electron chi connectivity index (χ1n) is 11.0. The third-order valence-electron chi connectivity index (χ3n) is 6.26. The van der Waals surface area contributed by atoms with Crippen LogP contribution in [0.5, 0.6) is 0 Å². The van der Waals surface area contributed by atoms with Gasteiger partial charge in [0.15, 0.2) is 5.78 Å². The van der Waals surface area contributed by atoms with Gasteiger partial charge in [-0.15, -0.1) is 0 Å². The summed E-state index contributed by atoms with van der Waals surface area (Å²) in [5.41, 5.74) is 1.90. The number of ketones is 1. The van der Waals surface area contributed by atoms with Crippen molar-refractivity contribution in [1.29, 1.82) is 0 Å². The van der Waals surface area contributed by atoms with E-state index in [9.17, 15) is 4.79 Å². The molecule has 1 aliphatic rings. The van der Waals surface area contributed by atoms with E-state index in [1.165, 1.54) is 7.11 Å². The van der Waals surface area contributed by atoms with Gasteiger partial charge in [0.1, 0.15) is 5.60 Å². The molecule has 0 N–H and O–H groups in total. The van der Waals surface area contributed by atoms with Crippen molar-refractivity contribution in [3.05, 3.63) is 108 Å². The van der Waals surface area contributed by atoms with Crippen molar-refractivity contribution in [3.8, 4) is 0 Å². The first kappa shape index (κ1) is 22.4. The number of benzene rings is 3. The molecule has 1 heterocycles. The van der Waals surface area contributed by atoms with Gasteiger partial charge in [-0.05, 0) is 16.7 Å². The zero-order chi connectivity index (χ0) is 22.6. The zero-order valence-electron chi connectivity index (χ0n) is 18.9. The molecule has 4 nitrogen and oxygen atoms in total. The van der Waals surface area contributed by atoms with Gasteiger partial charge in [0, 0.05) is 18.9 Å². The van der Waals surface area contributed by atoms with Crippen LogP contribution in [0.15, 0.2) is 91.0 Å². The largest absolute Gasteiger partial charge is 0.358 e. The lowest BCUT2D eigenvalue weighted by atomic mass is 9.78. The summed E-state index contributed by atoms with van der Waals surface area (Å²) in [4.78, 5) is 12.4. The Kier molecular flexibility index (Phi) is 6.56. The number of carbonyl (C=O) groups excluding carboxylic acids is 1. The Morgan fingerprint density at radius 1 is 0.844 bits per heavy atom. The standard InChI is InChI=1S/C28H30O4/c1-27(2)19-24(29)26(30-3)32-25(27)20-31-28(21-13-7-4-8-14-21,22-15-9-5-10-16-22)23-17-11-6-12-18-23/h4-18,25-26H,19-20H2,1-3H3. The summed E-state index contributed by atoms with van der Waals surface area (Å²) >= 11 is 0. The van der Waals surface area contributed by atoms with Crippen molar-refractivity contribution < 1.29 is 19.0 Å². The fourth-order valence-electron chi connectivity index (χ4n) is 4.48. The van der Waals surface area contributed by atoms with Gasteiger partial charge in [-0.1, -0.05) is 105 Å². The summed E-state index contributed by atoms with van der Waals surface area (Å²) in [6.07, 6.45) is -0.772. The van der Waals surface area contributed by atoms with Gasteiger partial charge < -0.3 is 14.2 Å². The predicted octanol–water partition coefficient (Wildman–Crippen LogP) is 5.35. The summed E-state index contributed by atoms with van der Waals surface area (Å²) < 4.78 is 18.3. The topological polar surface area (TPSA) is 44.8 Å². The molecule has 0 aliphatic carbocycles. The Bertz CT molecular complexity index is 918. The maximum atomic E-state index is 12.4. The molecule has 1 saturated heterocycles. The number of hydrogen-bond donors (Lipinski definition) is 0. The molecule has 32 heavy (non-hydrogen) atoms. The lowest BCUT2D eigenvalue weighted by molar-refractivity contribution is -0.224. The molecular weight excluding hydrogens is 400 g/mol. The number of hydrogen-bond acceptors (Lipinski definition) is 4. The van der Waals surface area contributed by atoms with Crippen molar-refractivity contribution in [2.24, 2.45) is 5.41 Å². The second-order valence-electron chi connectivity index (χ2n) is 8.91. The minimum atomic E-state index is -0.851. The number of ether oxygens (including phenoxy) is 3. The fourth-order valence-corrected chi connectivity index (χ4v) is 4.48. The highest BCUT2D eigenvalue weighted by Gasteiger charge is 2.45. The van der Waals surface area contributed by atoms with E-state index in [2.05, 4.69) is 36.4 Å². The highest BCUT2D eigenvalue weighted by Crippen LogP contribution is 2.42. The van der Waals surface area contributed by atoms with Crippen LogP contribution in [-0.4, -0.2) is 31.9 Å². The van der Waals surface area contributed by atoms with Crippen LogP contribution in [0.3, 0.4) is 0 Å². The molecule has 1 fully saturated rings. The van der Waals surface area contributed by atoms with Crippen LogP contribution < -0.4 is 0 Å². The van der Waals surface area contributed by atoms with Crippen molar-refractivity contribution in [2.45, 2.75) is 38.3 Å². The van der Waals surface area contributed by atoms with Crippen LogP contribution in [0.2, 0.25) is 0 Å². The number of carbonyl (C=O) groups is 1. The van der Waals surface area contributed by atoms with Gasteiger partial charge in [0.2, 0.25) is 6.29 Å². The Morgan fingerprint density at radius 2 is 1.28 bits per heavy atom. The molecule has 0 bridgehead atoms. The molecule has 2 atom stereocenters. The van der Waals surface area contributed by atoms with Crippen LogP contribution in [0, 0.1) is 5.41 Å². The van der Waals surface area contributed by atoms with Gasteiger partial charge in [-0.3, -0.25) is 4.79 Å². The molecule has 3 aromatic carbocycles. The van der Waals surface area contributed by atoms with E-state index in [4.69, 9.17) is 14.2 Å². The SMILES string of the molecule is COC1OC(COC(c2ccccc2)(c2ccccc2)c2ccccc2)C(C)(C)CC1=O. The van der Waals surface area contributed by atoms with E-state index < -0.39 is 11.9 Å². The smallest absolute Gasteiger partial charge is 0.217 e. The van der Waals surface area contributed by atoms with Crippen LogP contribution in [0.4, 0.5) is 0 Å². The summed E-state index contributed by atoms with van der Waals surface area (Å²) in [7, 11) is 1.50. The monoisotopic (exact) mass is 430 g/mol. The van der Waals surface area contributed by atoms with Crippen LogP contribution in [-0.2, 0) is 24.6 Å². The fraction of sp³-hybridized carbons (Fsp3) is 0.321. The molecule has 0 amide bonds. The molecule has 166 valence electrons. The van der Waals surface area contributed by atoms with Gasteiger partial charge >= 0.3 is 0 Å². The van der Waals surface area contributed by atoms with E-state index in [0.717, 1.165) is 16.7 Å². The number of methoxy groups -OCH3 is 1. The molecule has 0 saturated carbocycles. The first-order valence-corrected chi connectivity index (χ1v) is 11.0. The van der Waals surface area contributed by atoms with E-state index in [0.29, 0.717) is 13.0 Å². The second kappa shape index (κ2) is 9.37. The summed E-state index contributed by atoms with van der Waals surface area (Å²) in [6, 6.07) is 30.7. The van der Waals surface area contributed by atoms with E-state index >= 15 is 0 Å². The van der Waals surface area contributed by atoms with E-state index in [1.807, 2.05) is 68.4 Å². The zero-order valence-corrected chi connectivity index (χ0v) is 18.9. The minimum absolute atomic E-state index is 0.0332. The first-order chi connectivity index (χ1) is 15.5. The molecule has 4 rings (SSSR count). The lowest BCUT2D eigenvalue weighted by Gasteiger charge is -2.43. The molecular formula is C28H30O4. The lowest BCUT2D eigenvalue weighted by Crippen LogP contribution is -2.50. The van der Waals surface area contributed by atoms with Gasteiger partial charge in [-0.25, -0.2) is 0 Å². The molecule has 0 aromatic heterocycles. The molecule has 2 unspecified atom stereocenters. The van der Waals surface area contributed by atoms with Crippen molar-refractivity contribution in [2.75, 3.05) is 13.7 Å². The summed E-state index contributed by atoms with van der Waals surface area (Å²) in [6.45, 7) is 4.39. The quantitative estimate of drug-likeness (QED) is 0.474. The van der Waals surface area contributed by atoms with Crippen LogP contribution in [0.1, 0.15) is 37.0 Å². The van der Waals surface area contributed by atoms with Crippen molar-refractivity contribution in [1.82, 2.24) is 0 Å². The maximum absolute atomic E-state index is 12.4. The molecule has 3 aromatic rings. The Labute approximate surface area is 190 Å². The average Bonchev–Trinajstić information content (AvgIpc) is 2.82. The third-order valence-corrected chi connectivity index (χ3v) is 6.26. The summed E-state index contributed by atoms with van der Waals surface area (Å²) in [5.74, 6) is -0.0332. The Hall–Kier alpha value is -2.79. The van der Waals surface area contributed by atoms with Gasteiger partial charge in [0.05, 0.1) is 12.7 Å². The van der Waals surface area contributed by atoms with E-state index in [-0.39, 0.29) is 17.3 Å². The highest BCUT2D eigenvalue weighted by molar-refractivity contribution is 5.83. The second-order valence-corrected chi connectivity index (χ2v) is 8.91. The maximum Gasteiger partial charge on any atom is 0.217 e. The number of Topliss-reactive ketones (excluding diaryl/α,β-unsaturated/α-hetero) is 1. The predicted molar refractivity (Wildman–Crippen MR) is 124 cm³/mol. The molecule has 0 radical (unpaired) electrons. The summed E-state index contributed by atoms with van der Waals surface area (Å²) in [5, 5.41) is 0. The van der Waals surface area contributed by atoms with Gasteiger partial charge in [0.25, 0.3) is 0 Å². The van der Waals surface area contributed by atoms with Crippen LogP contribution >= 0.6 is 0 Å². The van der Waals surface area contributed by atoms with Gasteiger partial charge in [-0.2, -0.15) is 0 Å². The minimum Gasteiger partial charge on any atom is -0.358 e. The molecule has 0 spiro atoms. The Balaban J connectivity index is 1.79. The molecule has 1 aliphatic heterocycles. The third kappa shape index (κ3) is 4.26. The molecule has 4 heteroatoms. The average molecular weight is 431 g/mol.